The van der Waals surface area contributed by atoms with Gasteiger partial charge < -0.3 is 15.3 Å². The van der Waals surface area contributed by atoms with Gasteiger partial charge in [0.05, 0.1) is 83.1 Å². The summed E-state index contributed by atoms with van der Waals surface area (Å²) in [5.41, 5.74) is 5.09. The first kappa shape index (κ1) is 36.4. The van der Waals surface area contributed by atoms with Crippen LogP contribution in [0, 0.1) is 0 Å². The molecule has 0 spiro atoms. The molecule has 0 radical (unpaired) electrons. The van der Waals surface area contributed by atoms with Crippen molar-refractivity contribution >= 4 is 35.7 Å². The normalized spacial score (nSPS) is 13.2. The summed E-state index contributed by atoms with van der Waals surface area (Å²) < 4.78 is 1.85. The molecule has 3 aromatic rings. The van der Waals surface area contributed by atoms with Crippen LogP contribution in [0.25, 0.3) is 0 Å². The molecule has 0 heterocycles. The molecule has 10 heteroatoms. The van der Waals surface area contributed by atoms with Gasteiger partial charge in [-0.05, 0) is 18.2 Å². The summed E-state index contributed by atoms with van der Waals surface area (Å²) in [4.78, 5) is 16.0. The highest BCUT2D eigenvalue weighted by molar-refractivity contribution is 5.85. The Kier molecular flexibility index (Phi) is 12.2. The lowest BCUT2D eigenvalue weighted by molar-refractivity contribution is 0.298. The maximum absolute atomic E-state index is 10.5. The van der Waals surface area contributed by atoms with Crippen LogP contribution in [-0.4, -0.2) is 142 Å². The van der Waals surface area contributed by atoms with Gasteiger partial charge >= 0.3 is 0 Å². The number of aromatic hydroxyl groups is 3. The lowest BCUT2D eigenvalue weighted by Crippen LogP contribution is -2.34. The molecule has 0 saturated carbocycles. The number of quaternary nitrogens is 3. The van der Waals surface area contributed by atoms with Crippen molar-refractivity contribution in [3.63, 3.8) is 0 Å². The third-order valence-corrected chi connectivity index (χ3v) is 7.69. The molecule has 3 N–H and O–H groups in total. The van der Waals surface area contributed by atoms with Crippen LogP contribution in [-0.2, 0) is 0 Å². The Balaban J connectivity index is 1.64. The van der Waals surface area contributed by atoms with Gasteiger partial charge in [-0.25, -0.2) is 0 Å². The van der Waals surface area contributed by atoms with Crippen molar-refractivity contribution in [2.45, 2.75) is 0 Å². The minimum atomic E-state index is 0.213. The maximum Gasteiger partial charge on any atom is 0.135 e. The molecule has 0 atom stereocenters. The van der Waals surface area contributed by atoms with E-state index in [1.165, 1.54) is 0 Å². The summed E-state index contributed by atoms with van der Waals surface area (Å²) in [7, 11) is 18.5. The van der Waals surface area contributed by atoms with Crippen LogP contribution in [0.4, 0.5) is 17.1 Å². The third kappa shape index (κ3) is 11.1. The first-order valence-corrected chi connectivity index (χ1v) is 15.6. The second-order valence-electron chi connectivity index (χ2n) is 14.2. The molecule has 248 valence electrons. The second kappa shape index (κ2) is 15.5. The zero-order valence-corrected chi connectivity index (χ0v) is 29.1. The van der Waals surface area contributed by atoms with Crippen LogP contribution in [0.3, 0.4) is 0 Å². The van der Waals surface area contributed by atoms with Crippen molar-refractivity contribution in [1.82, 2.24) is 18.3 Å². The molecule has 46 heavy (non-hydrogen) atoms. The highest BCUT2D eigenvalue weighted by Gasteiger charge is 2.16. The monoisotopic (exact) mass is 632 g/mol. The molecule has 0 aliphatic carbocycles. The molecule has 0 amide bonds. The van der Waals surface area contributed by atoms with Crippen LogP contribution in [0.5, 0.6) is 17.2 Å². The lowest BCUT2D eigenvalue weighted by atomic mass is 10.1. The van der Waals surface area contributed by atoms with Gasteiger partial charge in [0.1, 0.15) is 34.3 Å². The van der Waals surface area contributed by atoms with Gasteiger partial charge in [0.15, 0.2) is 0 Å². The van der Waals surface area contributed by atoms with E-state index in [4.69, 9.17) is 0 Å². The smallest absolute Gasteiger partial charge is 0.135 e. The molecule has 10 nitrogen and oxygen atoms in total. The summed E-state index contributed by atoms with van der Waals surface area (Å²) >= 11 is 0. The zero-order valence-electron chi connectivity index (χ0n) is 29.1. The predicted octanol–water partition coefficient (Wildman–Crippen LogP) is 4.35. The van der Waals surface area contributed by atoms with E-state index in [0.717, 1.165) is 17.1 Å². The van der Waals surface area contributed by atoms with Crippen molar-refractivity contribution < 1.29 is 15.3 Å². The van der Waals surface area contributed by atoms with E-state index in [0.29, 0.717) is 69.4 Å². The summed E-state index contributed by atoms with van der Waals surface area (Å²) in [5, 5.41) is 31.5. The zero-order chi connectivity index (χ0) is 34.1. The molecule has 0 fully saturated rings. The van der Waals surface area contributed by atoms with E-state index >= 15 is 0 Å². The van der Waals surface area contributed by atoms with Crippen LogP contribution in [0.2, 0.25) is 0 Å². The van der Waals surface area contributed by atoms with Crippen molar-refractivity contribution in [2.75, 3.05) is 103 Å². The maximum atomic E-state index is 10.5. The fourth-order valence-corrected chi connectivity index (χ4v) is 4.60. The number of aliphatic imine (C=N–C) groups is 3. The fourth-order valence-electron chi connectivity index (χ4n) is 4.60. The van der Waals surface area contributed by atoms with Gasteiger partial charge in [-0.3, -0.25) is 33.3 Å². The van der Waals surface area contributed by atoms with Crippen molar-refractivity contribution in [1.29, 1.82) is 0 Å². The summed E-state index contributed by atoms with van der Waals surface area (Å²) in [6.45, 7) is 3.70. The fraction of sp³-hybridized carbons (Fsp3) is 0.417. The lowest BCUT2D eigenvalue weighted by Gasteiger charge is -2.23. The van der Waals surface area contributed by atoms with Gasteiger partial charge in [-0.15, -0.1) is 0 Å². The highest BCUT2D eigenvalue weighted by atomic mass is 16.3. The standard InChI is InChI=1S/C36H51N7O3/c1-41(2,3)31-13-10-28(34(44)22-31)25-37-16-19-40(20-17-38-26-29-11-14-32(23-35(29)45)42(4,5)6)21-18-39-27-30-12-15-33(24-36(30)46)43(7,8)9/h10-15,22-27H,16-21H2,1-9H3/p+3. The van der Waals surface area contributed by atoms with Gasteiger partial charge in [0.25, 0.3) is 0 Å². The molecule has 0 unspecified atom stereocenters. The number of hydrogen-bond acceptors (Lipinski definition) is 7. The van der Waals surface area contributed by atoms with E-state index in [2.05, 4.69) is 83.3 Å². The average Bonchev–Trinajstić information content (AvgIpc) is 2.95. The SMILES string of the molecule is C[N+](C)(C)c1ccc(C=NCCN(CCN=Cc2ccc([N+](C)(C)C)cc2O)CCN=Cc2ccc([N+](C)(C)C)cc2O)c(O)c1. The Morgan fingerprint density at radius 2 is 0.739 bits per heavy atom. The van der Waals surface area contributed by atoms with E-state index in [1.807, 2.05) is 36.4 Å². The van der Waals surface area contributed by atoms with Gasteiger partial charge in [-0.1, -0.05) is 0 Å². The Bertz CT molecular complexity index is 1360. The number of nitrogens with zero attached hydrogens (tertiary/aromatic N) is 7. The van der Waals surface area contributed by atoms with Crippen LogP contribution < -0.4 is 13.4 Å². The van der Waals surface area contributed by atoms with Gasteiger partial charge in [0, 0.05) is 91.4 Å². The van der Waals surface area contributed by atoms with Crippen LogP contribution in [0.1, 0.15) is 16.7 Å². The molecule has 0 aromatic heterocycles. The Morgan fingerprint density at radius 1 is 0.478 bits per heavy atom. The Morgan fingerprint density at radius 3 is 0.957 bits per heavy atom. The van der Waals surface area contributed by atoms with E-state index in [1.54, 1.807) is 36.8 Å². The van der Waals surface area contributed by atoms with Crippen molar-refractivity contribution in [2.24, 2.45) is 15.0 Å². The second-order valence-corrected chi connectivity index (χ2v) is 14.2. The molecule has 3 rings (SSSR count). The third-order valence-electron chi connectivity index (χ3n) is 7.69. The minimum absolute atomic E-state index is 0.213. The molecule has 0 bridgehead atoms. The van der Waals surface area contributed by atoms with Gasteiger partial charge in [-0.2, -0.15) is 0 Å². The molecular weight excluding hydrogens is 578 g/mol. The molecular formula is C36H54N7O3+3. The molecule has 0 saturated heterocycles. The van der Waals surface area contributed by atoms with Crippen molar-refractivity contribution in [3.05, 3.63) is 71.3 Å². The quantitative estimate of drug-likeness (QED) is 0.171. The Labute approximate surface area is 275 Å². The molecule has 0 aliphatic rings. The van der Waals surface area contributed by atoms with Crippen LogP contribution >= 0.6 is 0 Å². The van der Waals surface area contributed by atoms with Crippen molar-refractivity contribution in [3.8, 4) is 17.2 Å². The van der Waals surface area contributed by atoms with E-state index < -0.39 is 0 Å². The van der Waals surface area contributed by atoms with Crippen LogP contribution in [0.15, 0.2) is 69.6 Å². The summed E-state index contributed by atoms with van der Waals surface area (Å²) in [6, 6.07) is 17.0. The highest BCUT2D eigenvalue weighted by Crippen LogP contribution is 2.27. The summed E-state index contributed by atoms with van der Waals surface area (Å²) in [6.07, 6.45) is 5.15. The molecule has 0 aliphatic heterocycles. The predicted molar refractivity (Wildman–Crippen MR) is 197 cm³/mol. The van der Waals surface area contributed by atoms with E-state index in [9.17, 15) is 15.3 Å². The molecule has 3 aromatic carbocycles. The largest absolute Gasteiger partial charge is 0.507 e. The summed E-state index contributed by atoms with van der Waals surface area (Å²) in [5.74, 6) is 0.640. The average molecular weight is 633 g/mol. The first-order chi connectivity index (χ1) is 21.4. The number of benzene rings is 3. The number of hydrogen-bond donors (Lipinski definition) is 3. The topological polar surface area (TPSA) is 101 Å². The number of rotatable bonds is 15. The van der Waals surface area contributed by atoms with Gasteiger partial charge in [0.2, 0.25) is 0 Å². The number of phenolic OH excluding ortho intramolecular Hbond substituents is 3. The minimum Gasteiger partial charge on any atom is -0.507 e. The van der Waals surface area contributed by atoms with E-state index in [-0.39, 0.29) is 17.2 Å². The number of phenols is 3. The first-order valence-electron chi connectivity index (χ1n) is 15.6. The Hall–Kier alpha value is -4.09.